The summed E-state index contributed by atoms with van der Waals surface area (Å²) in [6.45, 7) is 4.25. The zero-order valence-electron chi connectivity index (χ0n) is 7.56. The first kappa shape index (κ1) is 9.68. The molecule has 3 heteroatoms. The Morgan fingerprint density at radius 3 is 2.50 bits per heavy atom. The van der Waals surface area contributed by atoms with E-state index in [0.29, 0.717) is 0 Å². The van der Waals surface area contributed by atoms with Crippen LogP contribution in [0.15, 0.2) is 22.9 Å². The SMILES string of the molecule is CNC(C)(C)c1ccc(Br)nc1. The summed E-state index contributed by atoms with van der Waals surface area (Å²) in [6, 6.07) is 4.02. The van der Waals surface area contributed by atoms with Crippen molar-refractivity contribution in [3.63, 3.8) is 0 Å². The van der Waals surface area contributed by atoms with Crippen molar-refractivity contribution in [2.75, 3.05) is 7.05 Å². The van der Waals surface area contributed by atoms with Gasteiger partial charge in [-0.15, -0.1) is 0 Å². The molecule has 0 saturated carbocycles. The summed E-state index contributed by atoms with van der Waals surface area (Å²) in [5.74, 6) is 0. The summed E-state index contributed by atoms with van der Waals surface area (Å²) in [7, 11) is 1.95. The lowest BCUT2D eigenvalue weighted by molar-refractivity contribution is 0.443. The second-order valence-corrected chi connectivity index (χ2v) is 4.06. The zero-order chi connectivity index (χ0) is 9.19. The first-order valence-electron chi connectivity index (χ1n) is 3.87. The summed E-state index contributed by atoms with van der Waals surface area (Å²) >= 11 is 3.30. The lowest BCUT2D eigenvalue weighted by Gasteiger charge is -2.23. The Bertz CT molecular complexity index is 254. The van der Waals surface area contributed by atoms with Gasteiger partial charge in [-0.2, -0.15) is 0 Å². The number of nitrogens with zero attached hydrogens (tertiary/aromatic N) is 1. The third kappa shape index (κ3) is 2.05. The van der Waals surface area contributed by atoms with E-state index in [-0.39, 0.29) is 5.54 Å². The van der Waals surface area contributed by atoms with Gasteiger partial charge < -0.3 is 5.32 Å². The van der Waals surface area contributed by atoms with E-state index in [4.69, 9.17) is 0 Å². The second kappa shape index (κ2) is 3.54. The van der Waals surface area contributed by atoms with Gasteiger partial charge in [0.1, 0.15) is 4.60 Å². The van der Waals surface area contributed by atoms with Gasteiger partial charge in [-0.1, -0.05) is 6.07 Å². The Kier molecular flexibility index (Phi) is 2.85. The minimum absolute atomic E-state index is 0.00625. The van der Waals surface area contributed by atoms with Crippen LogP contribution < -0.4 is 5.32 Å². The van der Waals surface area contributed by atoms with Crippen molar-refractivity contribution < 1.29 is 0 Å². The predicted molar refractivity (Wildman–Crippen MR) is 54.0 cm³/mol. The molecule has 0 aliphatic heterocycles. The van der Waals surface area contributed by atoms with Crippen LogP contribution in [0.25, 0.3) is 0 Å². The smallest absolute Gasteiger partial charge is 0.106 e. The summed E-state index contributed by atoms with van der Waals surface area (Å²) in [6.07, 6.45) is 1.88. The van der Waals surface area contributed by atoms with Crippen molar-refractivity contribution in [1.82, 2.24) is 10.3 Å². The fraction of sp³-hybridized carbons (Fsp3) is 0.444. The van der Waals surface area contributed by atoms with E-state index in [1.54, 1.807) is 0 Å². The van der Waals surface area contributed by atoms with Gasteiger partial charge in [-0.05, 0) is 48.5 Å². The highest BCUT2D eigenvalue weighted by atomic mass is 79.9. The molecular weight excluding hydrogens is 216 g/mol. The maximum atomic E-state index is 4.17. The molecule has 0 aliphatic carbocycles. The minimum atomic E-state index is -0.00625. The second-order valence-electron chi connectivity index (χ2n) is 3.24. The van der Waals surface area contributed by atoms with E-state index in [2.05, 4.69) is 46.1 Å². The van der Waals surface area contributed by atoms with Gasteiger partial charge in [0.25, 0.3) is 0 Å². The predicted octanol–water partition coefficient (Wildman–Crippen LogP) is 2.30. The molecule has 12 heavy (non-hydrogen) atoms. The average molecular weight is 229 g/mol. The van der Waals surface area contributed by atoms with Crippen molar-refractivity contribution in [3.8, 4) is 0 Å². The number of halogens is 1. The summed E-state index contributed by atoms with van der Waals surface area (Å²) in [4.78, 5) is 4.17. The number of rotatable bonds is 2. The van der Waals surface area contributed by atoms with Crippen molar-refractivity contribution in [2.24, 2.45) is 0 Å². The van der Waals surface area contributed by atoms with Crippen LogP contribution in [-0.2, 0) is 5.54 Å². The van der Waals surface area contributed by atoms with Crippen LogP contribution in [0.2, 0.25) is 0 Å². The molecule has 0 unspecified atom stereocenters. The number of aromatic nitrogens is 1. The molecule has 1 rings (SSSR count). The van der Waals surface area contributed by atoms with Crippen molar-refractivity contribution in [2.45, 2.75) is 19.4 Å². The molecule has 0 spiro atoms. The molecule has 0 bridgehead atoms. The van der Waals surface area contributed by atoms with E-state index in [1.165, 1.54) is 5.56 Å². The molecule has 0 amide bonds. The molecular formula is C9H13BrN2. The lowest BCUT2D eigenvalue weighted by atomic mass is 9.97. The van der Waals surface area contributed by atoms with E-state index in [9.17, 15) is 0 Å². The van der Waals surface area contributed by atoms with Crippen LogP contribution in [0, 0.1) is 0 Å². The maximum Gasteiger partial charge on any atom is 0.106 e. The van der Waals surface area contributed by atoms with Gasteiger partial charge in [-0.25, -0.2) is 4.98 Å². The molecule has 1 heterocycles. The van der Waals surface area contributed by atoms with E-state index < -0.39 is 0 Å². The van der Waals surface area contributed by atoms with Crippen LogP contribution in [0.5, 0.6) is 0 Å². The molecule has 66 valence electrons. The van der Waals surface area contributed by atoms with Crippen molar-refractivity contribution in [3.05, 3.63) is 28.5 Å². The molecule has 1 aromatic heterocycles. The van der Waals surface area contributed by atoms with Gasteiger partial charge in [0.05, 0.1) is 0 Å². The Morgan fingerprint density at radius 2 is 2.08 bits per heavy atom. The summed E-state index contributed by atoms with van der Waals surface area (Å²) in [5, 5.41) is 3.22. The first-order valence-corrected chi connectivity index (χ1v) is 4.66. The number of nitrogens with one attached hydrogen (secondary N) is 1. The highest BCUT2D eigenvalue weighted by molar-refractivity contribution is 9.10. The summed E-state index contributed by atoms with van der Waals surface area (Å²) in [5.41, 5.74) is 1.18. The van der Waals surface area contributed by atoms with Crippen LogP contribution >= 0.6 is 15.9 Å². The normalized spacial score (nSPS) is 11.7. The highest BCUT2D eigenvalue weighted by Crippen LogP contribution is 2.19. The molecule has 0 radical (unpaired) electrons. The molecule has 1 N–H and O–H groups in total. The highest BCUT2D eigenvalue weighted by Gasteiger charge is 2.17. The van der Waals surface area contributed by atoms with Crippen molar-refractivity contribution in [1.29, 1.82) is 0 Å². The molecule has 0 aromatic carbocycles. The molecule has 2 nitrogen and oxygen atoms in total. The molecule has 0 aliphatic rings. The molecule has 0 fully saturated rings. The van der Waals surface area contributed by atoms with E-state index >= 15 is 0 Å². The molecule has 1 aromatic rings. The average Bonchev–Trinajstić information content (AvgIpc) is 2.05. The van der Waals surface area contributed by atoms with Crippen LogP contribution in [-0.4, -0.2) is 12.0 Å². The summed E-state index contributed by atoms with van der Waals surface area (Å²) < 4.78 is 0.873. The number of pyridine rings is 1. The van der Waals surface area contributed by atoms with Gasteiger partial charge in [0.2, 0.25) is 0 Å². The largest absolute Gasteiger partial charge is 0.311 e. The monoisotopic (exact) mass is 228 g/mol. The van der Waals surface area contributed by atoms with Gasteiger partial charge in [-0.3, -0.25) is 0 Å². The Morgan fingerprint density at radius 1 is 1.42 bits per heavy atom. The Balaban J connectivity index is 2.96. The number of hydrogen-bond donors (Lipinski definition) is 1. The maximum absolute atomic E-state index is 4.17. The van der Waals surface area contributed by atoms with Crippen LogP contribution in [0.4, 0.5) is 0 Å². The zero-order valence-corrected chi connectivity index (χ0v) is 9.14. The lowest BCUT2D eigenvalue weighted by Crippen LogP contribution is -2.33. The topological polar surface area (TPSA) is 24.9 Å². The first-order chi connectivity index (χ1) is 5.56. The van der Waals surface area contributed by atoms with E-state index in [1.807, 2.05) is 19.3 Å². The number of hydrogen-bond acceptors (Lipinski definition) is 2. The Labute approximate surface area is 81.5 Å². The standard InChI is InChI=1S/C9H13BrN2/c1-9(2,11-3)7-4-5-8(10)12-6-7/h4-6,11H,1-3H3. The van der Waals surface area contributed by atoms with E-state index in [0.717, 1.165) is 4.60 Å². The fourth-order valence-corrected chi connectivity index (χ4v) is 1.12. The van der Waals surface area contributed by atoms with Crippen molar-refractivity contribution >= 4 is 15.9 Å². The third-order valence-corrected chi connectivity index (χ3v) is 2.54. The van der Waals surface area contributed by atoms with Gasteiger partial charge >= 0.3 is 0 Å². The van der Waals surface area contributed by atoms with Gasteiger partial charge in [0.15, 0.2) is 0 Å². The quantitative estimate of drug-likeness (QED) is 0.787. The third-order valence-electron chi connectivity index (χ3n) is 2.07. The molecule has 0 saturated heterocycles. The Hall–Kier alpha value is -0.410. The van der Waals surface area contributed by atoms with Crippen LogP contribution in [0.1, 0.15) is 19.4 Å². The minimum Gasteiger partial charge on any atom is -0.311 e. The molecule has 0 atom stereocenters. The van der Waals surface area contributed by atoms with Crippen LogP contribution in [0.3, 0.4) is 0 Å². The van der Waals surface area contributed by atoms with Gasteiger partial charge in [0, 0.05) is 11.7 Å². The fourth-order valence-electron chi connectivity index (χ4n) is 0.890.